The Bertz CT molecular complexity index is 957. The molecule has 0 bridgehead atoms. The Labute approximate surface area is 183 Å². The second-order valence-electron chi connectivity index (χ2n) is 7.11. The highest BCUT2D eigenvalue weighted by Crippen LogP contribution is 2.27. The molecule has 0 amide bonds. The average molecular weight is 448 g/mol. The quantitative estimate of drug-likeness (QED) is 0.193. The van der Waals surface area contributed by atoms with Gasteiger partial charge in [-0.2, -0.15) is 0 Å². The summed E-state index contributed by atoms with van der Waals surface area (Å²) >= 11 is 0. The molecule has 6 N–H and O–H groups in total. The van der Waals surface area contributed by atoms with E-state index in [0.29, 0.717) is 11.1 Å². The second-order valence-corrected chi connectivity index (χ2v) is 7.11. The summed E-state index contributed by atoms with van der Waals surface area (Å²) in [6, 6.07) is 10.5. The lowest BCUT2D eigenvalue weighted by Gasteiger charge is -2.39. The molecule has 32 heavy (non-hydrogen) atoms. The molecule has 3 rings (SSSR count). The van der Waals surface area contributed by atoms with Gasteiger partial charge in [0, 0.05) is 11.6 Å². The average Bonchev–Trinajstić information content (AvgIpc) is 2.79. The number of hydrogen-bond donors (Lipinski definition) is 6. The molecule has 2 aromatic carbocycles. The molecule has 0 radical (unpaired) electrons. The molecule has 1 heterocycles. The van der Waals surface area contributed by atoms with Crippen LogP contribution in [0.25, 0.3) is 6.08 Å². The summed E-state index contributed by atoms with van der Waals surface area (Å²) in [4.78, 5) is 12.0. The van der Waals surface area contributed by atoms with E-state index < -0.39 is 43.3 Å². The second kappa shape index (κ2) is 10.4. The van der Waals surface area contributed by atoms with E-state index in [1.54, 1.807) is 24.3 Å². The SMILES string of the molecule is O=C(/C=C/c1ccc(O)c(O)c1)OCc1ccccc1O[C@H]1O[C@@H](CO)[C@H](O)[C@@H](O)[C@@H]1O. The predicted molar refractivity (Wildman–Crippen MR) is 109 cm³/mol. The van der Waals surface area contributed by atoms with E-state index in [9.17, 15) is 35.4 Å². The number of carbonyl (C=O) groups excluding carboxylic acids is 1. The van der Waals surface area contributed by atoms with E-state index >= 15 is 0 Å². The van der Waals surface area contributed by atoms with Crippen molar-refractivity contribution >= 4 is 12.0 Å². The summed E-state index contributed by atoms with van der Waals surface area (Å²) in [6.07, 6.45) is -4.61. The zero-order valence-corrected chi connectivity index (χ0v) is 16.8. The Morgan fingerprint density at radius 2 is 1.75 bits per heavy atom. The maximum Gasteiger partial charge on any atom is 0.331 e. The number of phenolic OH excluding ortho intramolecular Hbond substituents is 2. The van der Waals surface area contributed by atoms with Crippen molar-refractivity contribution in [2.24, 2.45) is 0 Å². The molecule has 0 spiro atoms. The third-order valence-corrected chi connectivity index (χ3v) is 4.85. The summed E-state index contributed by atoms with van der Waals surface area (Å²) in [5.41, 5.74) is 0.914. The van der Waals surface area contributed by atoms with Gasteiger partial charge in [0.15, 0.2) is 11.5 Å². The predicted octanol–water partition coefficient (Wildman–Crippen LogP) is 0.0331. The first kappa shape index (κ1) is 23.5. The van der Waals surface area contributed by atoms with Crippen LogP contribution in [0.15, 0.2) is 48.5 Å². The van der Waals surface area contributed by atoms with Crippen LogP contribution in [0.5, 0.6) is 17.2 Å². The fourth-order valence-electron chi connectivity index (χ4n) is 3.03. The first-order valence-corrected chi connectivity index (χ1v) is 9.72. The van der Waals surface area contributed by atoms with Crippen LogP contribution in [0.2, 0.25) is 0 Å². The molecule has 1 saturated heterocycles. The maximum atomic E-state index is 12.0. The van der Waals surface area contributed by atoms with Gasteiger partial charge in [-0.15, -0.1) is 0 Å². The van der Waals surface area contributed by atoms with E-state index in [2.05, 4.69) is 0 Å². The highest BCUT2D eigenvalue weighted by Gasteiger charge is 2.44. The summed E-state index contributed by atoms with van der Waals surface area (Å²) in [6.45, 7) is -0.771. The number of esters is 1. The molecule has 0 unspecified atom stereocenters. The summed E-state index contributed by atoms with van der Waals surface area (Å²) in [7, 11) is 0. The van der Waals surface area contributed by atoms with E-state index in [-0.39, 0.29) is 23.9 Å². The van der Waals surface area contributed by atoms with Gasteiger partial charge in [-0.1, -0.05) is 24.3 Å². The fourth-order valence-corrected chi connectivity index (χ4v) is 3.03. The summed E-state index contributed by atoms with van der Waals surface area (Å²) in [5.74, 6) is -1.07. The number of ether oxygens (including phenoxy) is 3. The minimum absolute atomic E-state index is 0.183. The molecule has 10 heteroatoms. The zero-order chi connectivity index (χ0) is 23.3. The molecule has 1 aliphatic rings. The van der Waals surface area contributed by atoms with Crippen molar-refractivity contribution < 1.29 is 49.6 Å². The van der Waals surface area contributed by atoms with E-state index in [0.717, 1.165) is 6.08 Å². The van der Waals surface area contributed by atoms with Crippen LogP contribution in [-0.2, 0) is 20.9 Å². The van der Waals surface area contributed by atoms with Crippen molar-refractivity contribution in [2.45, 2.75) is 37.3 Å². The van der Waals surface area contributed by atoms with Crippen LogP contribution >= 0.6 is 0 Å². The summed E-state index contributed by atoms with van der Waals surface area (Å²) in [5, 5.41) is 58.0. The largest absolute Gasteiger partial charge is 0.504 e. The van der Waals surface area contributed by atoms with Crippen molar-refractivity contribution in [1.82, 2.24) is 0 Å². The first-order valence-electron chi connectivity index (χ1n) is 9.72. The number of aromatic hydroxyl groups is 2. The maximum absolute atomic E-state index is 12.0. The Balaban J connectivity index is 1.63. The van der Waals surface area contributed by atoms with Crippen molar-refractivity contribution in [3.63, 3.8) is 0 Å². The van der Waals surface area contributed by atoms with Crippen LogP contribution in [0.4, 0.5) is 0 Å². The number of aliphatic hydroxyl groups excluding tert-OH is 4. The van der Waals surface area contributed by atoms with E-state index in [4.69, 9.17) is 14.2 Å². The van der Waals surface area contributed by atoms with Gasteiger partial charge in [-0.05, 0) is 29.8 Å². The molecule has 1 fully saturated rings. The van der Waals surface area contributed by atoms with Gasteiger partial charge in [0.1, 0.15) is 36.8 Å². The number of phenols is 2. The first-order chi connectivity index (χ1) is 15.3. The normalized spacial score (nSPS) is 25.6. The van der Waals surface area contributed by atoms with Gasteiger partial charge >= 0.3 is 5.97 Å². The van der Waals surface area contributed by atoms with Gasteiger partial charge < -0.3 is 44.8 Å². The third-order valence-electron chi connectivity index (χ3n) is 4.85. The zero-order valence-electron chi connectivity index (χ0n) is 16.8. The minimum atomic E-state index is -1.58. The van der Waals surface area contributed by atoms with Crippen molar-refractivity contribution in [3.05, 3.63) is 59.7 Å². The van der Waals surface area contributed by atoms with Crippen molar-refractivity contribution in [2.75, 3.05) is 6.61 Å². The lowest BCUT2D eigenvalue weighted by atomic mass is 9.99. The number of aliphatic hydroxyl groups is 4. The van der Waals surface area contributed by atoms with Gasteiger partial charge in [0.2, 0.25) is 6.29 Å². The Morgan fingerprint density at radius 3 is 2.47 bits per heavy atom. The van der Waals surface area contributed by atoms with Crippen LogP contribution in [0.3, 0.4) is 0 Å². The molecule has 5 atom stereocenters. The Morgan fingerprint density at radius 1 is 1.00 bits per heavy atom. The number of carbonyl (C=O) groups is 1. The highest BCUT2D eigenvalue weighted by molar-refractivity contribution is 5.87. The summed E-state index contributed by atoms with van der Waals surface area (Å²) < 4.78 is 16.1. The molecule has 0 aromatic heterocycles. The number of para-hydroxylation sites is 1. The topological polar surface area (TPSA) is 166 Å². The Kier molecular flexibility index (Phi) is 7.67. The highest BCUT2D eigenvalue weighted by atomic mass is 16.7. The molecule has 10 nitrogen and oxygen atoms in total. The monoisotopic (exact) mass is 448 g/mol. The molecule has 1 aliphatic heterocycles. The lowest BCUT2D eigenvalue weighted by molar-refractivity contribution is -0.277. The van der Waals surface area contributed by atoms with E-state index in [1.165, 1.54) is 24.3 Å². The van der Waals surface area contributed by atoms with Gasteiger partial charge in [0.05, 0.1) is 6.61 Å². The molecule has 172 valence electrons. The van der Waals surface area contributed by atoms with Crippen LogP contribution < -0.4 is 4.74 Å². The number of rotatable bonds is 7. The molecule has 2 aromatic rings. The van der Waals surface area contributed by atoms with Gasteiger partial charge in [-0.3, -0.25) is 0 Å². The molecular weight excluding hydrogens is 424 g/mol. The van der Waals surface area contributed by atoms with E-state index in [1.807, 2.05) is 0 Å². The number of benzene rings is 2. The van der Waals surface area contributed by atoms with Crippen molar-refractivity contribution in [3.8, 4) is 17.2 Å². The van der Waals surface area contributed by atoms with Crippen LogP contribution in [-0.4, -0.2) is 73.9 Å². The molecule has 0 aliphatic carbocycles. The molecular formula is C22H24O10. The molecule has 0 saturated carbocycles. The standard InChI is InChI=1S/C22H24O10/c23-10-17-19(27)20(28)21(29)22(32-17)31-16-4-2-1-3-13(16)11-30-18(26)8-6-12-5-7-14(24)15(25)9-12/h1-9,17,19-25,27-29H,10-11H2/b8-6+/t17-,19-,20+,21-,22-/m0/s1. The lowest BCUT2D eigenvalue weighted by Crippen LogP contribution is -2.60. The number of hydrogen-bond acceptors (Lipinski definition) is 10. The Hall–Kier alpha value is -3.15. The van der Waals surface area contributed by atoms with Crippen molar-refractivity contribution in [1.29, 1.82) is 0 Å². The van der Waals surface area contributed by atoms with Gasteiger partial charge in [-0.25, -0.2) is 4.79 Å². The van der Waals surface area contributed by atoms with Crippen LogP contribution in [0, 0.1) is 0 Å². The van der Waals surface area contributed by atoms with Crippen LogP contribution in [0.1, 0.15) is 11.1 Å². The fraction of sp³-hybridized carbons (Fsp3) is 0.318. The van der Waals surface area contributed by atoms with Gasteiger partial charge in [0.25, 0.3) is 0 Å². The smallest absolute Gasteiger partial charge is 0.331 e. The minimum Gasteiger partial charge on any atom is -0.504 e. The third kappa shape index (κ3) is 5.55.